The Morgan fingerprint density at radius 2 is 1.97 bits per heavy atom. The van der Waals surface area contributed by atoms with Crippen molar-refractivity contribution >= 4 is 22.3 Å². The molecule has 0 saturated carbocycles. The van der Waals surface area contributed by atoms with E-state index in [2.05, 4.69) is 93.6 Å². The lowest BCUT2D eigenvalue weighted by molar-refractivity contribution is 0.160. The number of nitrogens with one attached hydrogen (secondary N) is 2. The van der Waals surface area contributed by atoms with Crippen molar-refractivity contribution in [3.8, 4) is 11.1 Å². The third kappa shape index (κ3) is 3.41. The van der Waals surface area contributed by atoms with Gasteiger partial charge in [-0.05, 0) is 54.8 Å². The van der Waals surface area contributed by atoms with Crippen molar-refractivity contribution < 1.29 is 0 Å². The zero-order valence-electron chi connectivity index (χ0n) is 19.1. The number of pyridine rings is 1. The maximum atomic E-state index is 4.46. The van der Waals surface area contributed by atoms with Crippen LogP contribution in [0.25, 0.3) is 27.7 Å². The predicted octanol–water partition coefficient (Wildman–Crippen LogP) is 4.55. The van der Waals surface area contributed by atoms with Gasteiger partial charge in [-0.2, -0.15) is 5.10 Å². The van der Waals surface area contributed by atoms with Crippen molar-refractivity contribution in [1.82, 2.24) is 30.3 Å². The molecule has 1 unspecified atom stereocenters. The van der Waals surface area contributed by atoms with Gasteiger partial charge < -0.3 is 5.32 Å². The van der Waals surface area contributed by atoms with E-state index in [1.54, 1.807) is 0 Å². The fourth-order valence-electron chi connectivity index (χ4n) is 4.91. The van der Waals surface area contributed by atoms with Crippen LogP contribution in [0, 0.1) is 0 Å². The number of anilines is 1. The van der Waals surface area contributed by atoms with Gasteiger partial charge in [0, 0.05) is 55.2 Å². The van der Waals surface area contributed by atoms with Gasteiger partial charge in [-0.3, -0.25) is 19.7 Å². The van der Waals surface area contributed by atoms with Crippen LogP contribution in [-0.4, -0.2) is 38.4 Å². The Labute approximate surface area is 193 Å². The molecule has 2 aromatic carbocycles. The number of hydrogen-bond acceptors (Lipinski definition) is 6. The zero-order valence-corrected chi connectivity index (χ0v) is 19.1. The molecule has 0 fully saturated rings. The molecule has 2 aliphatic rings. The van der Waals surface area contributed by atoms with Crippen LogP contribution >= 0.6 is 0 Å². The molecule has 0 saturated heterocycles. The number of fused-ring (bicyclic) bond motifs is 4. The summed E-state index contributed by atoms with van der Waals surface area (Å²) in [5.41, 5.74) is 13.0. The standard InChI is InChI=1S/C26H27N7/c1-17-26-22-8-6-18(20-15-28-31(2)16-20)14-23(22)25(10-12-33(26)30-32(17)3)29-21-7-9-24-19(13-21)5-4-11-27-24/h4-9,11,13-16,25,29-30H,10,12H2,1-3H3. The SMILES string of the molecule is CC1=C2c3ccc(-c4cnn(C)c4)cc3C(Nc3ccc4ncccc4c3)CCN2NN1C. The molecule has 2 aromatic heterocycles. The lowest BCUT2D eigenvalue weighted by Crippen LogP contribution is -2.39. The third-order valence-electron chi connectivity index (χ3n) is 6.69. The summed E-state index contributed by atoms with van der Waals surface area (Å²) < 4.78 is 1.85. The first-order chi connectivity index (χ1) is 16.1. The fraction of sp³-hybridized carbons (Fsp3) is 0.231. The largest absolute Gasteiger partial charge is 0.378 e. The van der Waals surface area contributed by atoms with E-state index < -0.39 is 0 Å². The number of hydrogen-bond donors (Lipinski definition) is 2. The van der Waals surface area contributed by atoms with E-state index in [0.717, 1.165) is 35.1 Å². The summed E-state index contributed by atoms with van der Waals surface area (Å²) in [6, 6.07) is 17.5. The minimum absolute atomic E-state index is 0.170. The molecule has 0 amide bonds. The molecule has 33 heavy (non-hydrogen) atoms. The first-order valence-corrected chi connectivity index (χ1v) is 11.3. The van der Waals surface area contributed by atoms with Gasteiger partial charge in [0.25, 0.3) is 0 Å². The molecule has 6 rings (SSSR count). The molecule has 166 valence electrons. The first kappa shape index (κ1) is 19.8. The minimum atomic E-state index is 0.170. The van der Waals surface area contributed by atoms with Gasteiger partial charge in [-0.25, -0.2) is 0 Å². The van der Waals surface area contributed by atoms with Gasteiger partial charge in [0.15, 0.2) is 0 Å². The molecule has 7 nitrogen and oxygen atoms in total. The number of nitrogens with zero attached hydrogens (tertiary/aromatic N) is 5. The molecule has 7 heteroatoms. The van der Waals surface area contributed by atoms with Crippen molar-refractivity contribution in [2.24, 2.45) is 7.05 Å². The van der Waals surface area contributed by atoms with Crippen molar-refractivity contribution in [2.75, 3.05) is 18.9 Å². The Morgan fingerprint density at radius 3 is 2.82 bits per heavy atom. The van der Waals surface area contributed by atoms with Crippen LogP contribution in [0.5, 0.6) is 0 Å². The van der Waals surface area contributed by atoms with E-state index in [-0.39, 0.29) is 6.04 Å². The molecular formula is C26H27N7. The number of allylic oxidation sites excluding steroid dienone is 1. The van der Waals surface area contributed by atoms with E-state index >= 15 is 0 Å². The summed E-state index contributed by atoms with van der Waals surface area (Å²) in [6.45, 7) is 3.08. The maximum Gasteiger partial charge on any atom is 0.0816 e. The number of benzene rings is 2. The summed E-state index contributed by atoms with van der Waals surface area (Å²) >= 11 is 0. The summed E-state index contributed by atoms with van der Waals surface area (Å²) in [4.78, 5) is 4.46. The Morgan fingerprint density at radius 1 is 1.06 bits per heavy atom. The van der Waals surface area contributed by atoms with Gasteiger partial charge in [0.1, 0.15) is 0 Å². The van der Waals surface area contributed by atoms with Crippen molar-refractivity contribution in [1.29, 1.82) is 0 Å². The van der Waals surface area contributed by atoms with Gasteiger partial charge >= 0.3 is 0 Å². The molecule has 4 heterocycles. The van der Waals surface area contributed by atoms with E-state index in [0.29, 0.717) is 0 Å². The highest BCUT2D eigenvalue weighted by Crippen LogP contribution is 2.40. The van der Waals surface area contributed by atoms with Crippen molar-refractivity contribution in [2.45, 2.75) is 19.4 Å². The highest BCUT2D eigenvalue weighted by atomic mass is 15.8. The van der Waals surface area contributed by atoms with Crippen LogP contribution in [0.4, 0.5) is 5.69 Å². The Balaban J connectivity index is 1.46. The molecule has 0 bridgehead atoms. The quantitative estimate of drug-likeness (QED) is 0.490. The van der Waals surface area contributed by atoms with Crippen LogP contribution in [0.3, 0.4) is 0 Å². The Hall–Kier alpha value is -3.84. The van der Waals surface area contributed by atoms with E-state index in [4.69, 9.17) is 0 Å². The van der Waals surface area contributed by atoms with Crippen molar-refractivity contribution in [3.63, 3.8) is 0 Å². The second-order valence-electron chi connectivity index (χ2n) is 8.85. The molecule has 0 spiro atoms. The van der Waals surface area contributed by atoms with E-state index in [1.165, 1.54) is 28.1 Å². The average molecular weight is 438 g/mol. The summed E-state index contributed by atoms with van der Waals surface area (Å²) in [5, 5.41) is 13.7. The Bertz CT molecular complexity index is 1390. The number of hydrazine groups is 2. The molecule has 4 aromatic rings. The highest BCUT2D eigenvalue weighted by molar-refractivity contribution is 5.82. The normalized spacial score (nSPS) is 17.8. The lowest BCUT2D eigenvalue weighted by atomic mass is 9.93. The van der Waals surface area contributed by atoms with Gasteiger partial charge in [0.2, 0.25) is 0 Å². The van der Waals surface area contributed by atoms with Gasteiger partial charge in [-0.15, -0.1) is 5.53 Å². The van der Waals surface area contributed by atoms with Crippen LogP contribution < -0.4 is 10.9 Å². The molecule has 1 atom stereocenters. The fourth-order valence-corrected chi connectivity index (χ4v) is 4.91. The molecule has 2 aliphatic heterocycles. The topological polar surface area (TPSA) is 61.3 Å². The van der Waals surface area contributed by atoms with E-state index in [9.17, 15) is 0 Å². The smallest absolute Gasteiger partial charge is 0.0816 e. The molecular weight excluding hydrogens is 410 g/mol. The summed E-state index contributed by atoms with van der Waals surface area (Å²) in [5.74, 6) is 0. The number of aromatic nitrogens is 3. The zero-order chi connectivity index (χ0) is 22.5. The molecule has 0 aliphatic carbocycles. The second kappa shape index (κ2) is 7.64. The Kier molecular flexibility index (Phi) is 4.58. The maximum absolute atomic E-state index is 4.46. The van der Waals surface area contributed by atoms with Gasteiger partial charge in [0.05, 0.1) is 29.1 Å². The monoisotopic (exact) mass is 437 g/mol. The molecule has 0 radical (unpaired) electrons. The first-order valence-electron chi connectivity index (χ1n) is 11.3. The highest BCUT2D eigenvalue weighted by Gasteiger charge is 2.32. The van der Waals surface area contributed by atoms with Crippen LogP contribution in [0.15, 0.2) is 72.8 Å². The minimum Gasteiger partial charge on any atom is -0.378 e. The lowest BCUT2D eigenvalue weighted by Gasteiger charge is -2.23. The molecule has 2 N–H and O–H groups in total. The summed E-state index contributed by atoms with van der Waals surface area (Å²) in [6.07, 6.45) is 6.80. The number of rotatable bonds is 3. The average Bonchev–Trinajstić information content (AvgIpc) is 3.34. The van der Waals surface area contributed by atoms with Crippen molar-refractivity contribution in [3.05, 3.63) is 83.9 Å². The van der Waals surface area contributed by atoms with Gasteiger partial charge in [-0.1, -0.05) is 18.2 Å². The third-order valence-corrected chi connectivity index (χ3v) is 6.69. The predicted molar refractivity (Wildman–Crippen MR) is 132 cm³/mol. The second-order valence-corrected chi connectivity index (χ2v) is 8.85. The van der Waals surface area contributed by atoms with E-state index in [1.807, 2.05) is 30.2 Å². The van der Waals surface area contributed by atoms with Crippen LogP contribution in [0.1, 0.15) is 30.5 Å². The summed E-state index contributed by atoms with van der Waals surface area (Å²) in [7, 11) is 4.03. The van der Waals surface area contributed by atoms with Crippen LogP contribution in [0.2, 0.25) is 0 Å². The van der Waals surface area contributed by atoms with Crippen LogP contribution in [-0.2, 0) is 7.05 Å². The number of aryl methyl sites for hydroxylation is 1.